The molecule has 1 aromatic heterocycles. The molecule has 0 spiro atoms. The van der Waals surface area contributed by atoms with Gasteiger partial charge in [0.25, 0.3) is 0 Å². The van der Waals surface area contributed by atoms with Crippen molar-refractivity contribution in [3.8, 4) is 0 Å². The first kappa shape index (κ1) is 10.5. The maximum absolute atomic E-state index is 14.5. The Balaban J connectivity index is 2.39. The van der Waals surface area contributed by atoms with Crippen LogP contribution >= 0.6 is 0 Å². The third-order valence-electron chi connectivity index (χ3n) is 3.53. The summed E-state index contributed by atoms with van der Waals surface area (Å²) in [6.45, 7) is 1.55. The average molecular weight is 234 g/mol. The molecule has 1 aromatic rings. The molecule has 2 nitrogen and oxygen atoms in total. The van der Waals surface area contributed by atoms with E-state index in [-0.39, 0.29) is 0 Å². The third kappa shape index (κ3) is 1.17. The molecule has 2 aliphatic heterocycles. The fourth-order valence-electron chi connectivity index (χ4n) is 2.80. The normalized spacial score (nSPS) is 20.4. The topological polar surface area (TPSA) is 7.94 Å². The third-order valence-corrected chi connectivity index (χ3v) is 3.53. The van der Waals surface area contributed by atoms with Crippen LogP contribution in [0.15, 0.2) is 23.9 Å². The molecule has 3 heterocycles. The molecule has 0 fully saturated rings. The first-order chi connectivity index (χ1) is 7.93. The average Bonchev–Trinajstić information content (AvgIpc) is 2.70. The summed E-state index contributed by atoms with van der Waals surface area (Å²) in [6, 6.07) is 1.81. The lowest BCUT2D eigenvalue weighted by atomic mass is 9.90. The highest BCUT2D eigenvalue weighted by atomic mass is 19.2. The molecule has 17 heavy (non-hydrogen) atoms. The van der Waals surface area contributed by atoms with Crippen molar-refractivity contribution in [3.63, 3.8) is 0 Å². The minimum absolute atomic E-state index is 0.584. The van der Waals surface area contributed by atoms with E-state index < -0.39 is 6.97 Å². The highest BCUT2D eigenvalue weighted by Gasteiger charge is 2.51. The lowest BCUT2D eigenvalue weighted by molar-refractivity contribution is -0.361. The van der Waals surface area contributed by atoms with Crippen LogP contribution in [0.3, 0.4) is 0 Å². The molecule has 0 unspecified atom stereocenters. The Morgan fingerprint density at radius 1 is 1.18 bits per heavy atom. The smallest absolute Gasteiger partial charge is 0.394 e. The van der Waals surface area contributed by atoms with E-state index in [2.05, 4.69) is 0 Å². The van der Waals surface area contributed by atoms with Crippen LogP contribution < -0.4 is 0 Å². The first-order valence-electron chi connectivity index (χ1n) is 5.66. The van der Waals surface area contributed by atoms with Gasteiger partial charge in [-0.25, -0.2) is 0 Å². The molecular weight excluding hydrogens is 221 g/mol. The van der Waals surface area contributed by atoms with E-state index in [9.17, 15) is 8.63 Å². The van der Waals surface area contributed by atoms with Crippen LogP contribution in [0.4, 0.5) is 8.63 Å². The SMILES string of the molecule is CC1=[N+]2C(=Cc3c(C)cc(C)n3[B-]2(F)F)C=C1. The molecule has 2 aliphatic rings. The van der Waals surface area contributed by atoms with Gasteiger partial charge in [0.2, 0.25) is 0 Å². The maximum Gasteiger partial charge on any atom is 0.737 e. The van der Waals surface area contributed by atoms with Crippen LogP contribution in [-0.4, -0.2) is 21.6 Å². The van der Waals surface area contributed by atoms with Gasteiger partial charge in [-0.3, -0.25) is 0 Å². The lowest BCUT2D eigenvalue weighted by Crippen LogP contribution is -2.50. The van der Waals surface area contributed by atoms with E-state index in [1.807, 2.05) is 19.1 Å². The van der Waals surface area contributed by atoms with Gasteiger partial charge in [0, 0.05) is 30.8 Å². The van der Waals surface area contributed by atoms with Gasteiger partial charge in [0.15, 0.2) is 5.70 Å². The number of fused-ring (bicyclic) bond motifs is 2. The Kier molecular flexibility index (Phi) is 1.84. The summed E-state index contributed by atoms with van der Waals surface area (Å²) in [6.07, 6.45) is 5.31. The monoisotopic (exact) mass is 234 g/mol. The van der Waals surface area contributed by atoms with E-state index >= 15 is 0 Å². The highest BCUT2D eigenvalue weighted by Crippen LogP contribution is 2.33. The molecule has 0 amide bonds. The van der Waals surface area contributed by atoms with Gasteiger partial charge in [-0.2, -0.15) is 0 Å². The van der Waals surface area contributed by atoms with Gasteiger partial charge >= 0.3 is 6.97 Å². The van der Waals surface area contributed by atoms with E-state index in [1.165, 1.54) is 0 Å². The second kappa shape index (κ2) is 2.97. The van der Waals surface area contributed by atoms with Gasteiger partial charge < -0.3 is 17.6 Å². The molecule has 0 aliphatic carbocycles. The van der Waals surface area contributed by atoms with Crippen LogP contribution in [-0.2, 0) is 0 Å². The standard InChI is InChI=1S/C12H13BF2N2/c1-8-6-10(3)17-12(8)7-11-5-4-9(2)16(11)13(17,14)15/h4-7H,1-3H3. The zero-order valence-corrected chi connectivity index (χ0v) is 10.0. The molecular formula is C12H13BF2N2. The summed E-state index contributed by atoms with van der Waals surface area (Å²) in [7, 11) is 0. The molecule has 0 aromatic carbocycles. The number of aryl methyl sites for hydroxylation is 2. The summed E-state index contributed by atoms with van der Waals surface area (Å²) in [5, 5.41) is 0. The minimum Gasteiger partial charge on any atom is -0.394 e. The Hall–Kier alpha value is -1.65. The Morgan fingerprint density at radius 3 is 2.59 bits per heavy atom. The first-order valence-corrected chi connectivity index (χ1v) is 5.66. The lowest BCUT2D eigenvalue weighted by Gasteiger charge is -2.29. The van der Waals surface area contributed by atoms with Crippen molar-refractivity contribution in [2.75, 3.05) is 0 Å². The molecule has 0 radical (unpaired) electrons. The van der Waals surface area contributed by atoms with Crippen molar-refractivity contribution in [1.82, 2.24) is 4.48 Å². The predicted octanol–water partition coefficient (Wildman–Crippen LogP) is 2.73. The fraction of sp³-hybridized carbons (Fsp3) is 0.250. The second-order valence-electron chi connectivity index (χ2n) is 4.73. The summed E-state index contributed by atoms with van der Waals surface area (Å²) in [5.74, 6) is 0. The maximum atomic E-state index is 14.5. The van der Waals surface area contributed by atoms with Crippen molar-refractivity contribution < 1.29 is 13.1 Å². The Labute approximate surface area is 98.6 Å². The number of hydrogen-bond donors (Lipinski definition) is 0. The van der Waals surface area contributed by atoms with E-state index in [4.69, 9.17) is 0 Å². The summed E-state index contributed by atoms with van der Waals surface area (Å²) in [4.78, 5) is 0. The van der Waals surface area contributed by atoms with Gasteiger partial charge in [0.1, 0.15) is 5.71 Å². The highest BCUT2D eigenvalue weighted by molar-refractivity contribution is 6.58. The second-order valence-corrected chi connectivity index (χ2v) is 4.73. The minimum atomic E-state index is -3.75. The molecule has 0 saturated carbocycles. The van der Waals surface area contributed by atoms with E-state index in [0.29, 0.717) is 22.8 Å². The number of nitrogens with zero attached hydrogens (tertiary/aromatic N) is 2. The largest absolute Gasteiger partial charge is 0.737 e. The molecule has 0 bridgehead atoms. The van der Waals surface area contributed by atoms with Crippen molar-refractivity contribution in [1.29, 1.82) is 0 Å². The van der Waals surface area contributed by atoms with Crippen molar-refractivity contribution >= 4 is 18.8 Å². The molecule has 0 atom stereocenters. The zero-order valence-electron chi connectivity index (χ0n) is 10.0. The predicted molar refractivity (Wildman–Crippen MR) is 65.3 cm³/mol. The van der Waals surface area contributed by atoms with E-state index in [1.54, 1.807) is 26.0 Å². The molecule has 5 heteroatoms. The number of hydrogen-bond acceptors (Lipinski definition) is 0. The molecule has 0 N–H and O–H groups in total. The van der Waals surface area contributed by atoms with Gasteiger partial charge in [-0.05, 0) is 31.2 Å². The van der Waals surface area contributed by atoms with E-state index in [0.717, 1.165) is 14.5 Å². The van der Waals surface area contributed by atoms with Crippen molar-refractivity contribution in [2.24, 2.45) is 0 Å². The van der Waals surface area contributed by atoms with Gasteiger partial charge in [0.05, 0.1) is 0 Å². The molecule has 88 valence electrons. The van der Waals surface area contributed by atoms with Crippen LogP contribution in [0.2, 0.25) is 0 Å². The number of rotatable bonds is 0. The number of allylic oxidation sites excluding steroid dienone is 2. The van der Waals surface area contributed by atoms with Crippen LogP contribution in [0.1, 0.15) is 23.9 Å². The number of halogens is 2. The number of aromatic nitrogens is 1. The quantitative estimate of drug-likeness (QED) is 0.610. The molecule has 0 saturated heterocycles. The Morgan fingerprint density at radius 2 is 1.88 bits per heavy atom. The van der Waals surface area contributed by atoms with Crippen LogP contribution in [0.25, 0.3) is 6.08 Å². The molecule has 3 rings (SSSR count). The Bertz CT molecular complexity index is 621. The van der Waals surface area contributed by atoms with Crippen LogP contribution in [0, 0.1) is 13.8 Å². The van der Waals surface area contributed by atoms with Crippen molar-refractivity contribution in [2.45, 2.75) is 20.8 Å². The fourth-order valence-corrected chi connectivity index (χ4v) is 2.80. The summed E-state index contributed by atoms with van der Waals surface area (Å²) < 4.78 is 31.4. The van der Waals surface area contributed by atoms with Crippen LogP contribution in [0.5, 0.6) is 0 Å². The van der Waals surface area contributed by atoms with Gasteiger partial charge in [-0.15, -0.1) is 0 Å². The zero-order chi connectivity index (χ0) is 12.4. The van der Waals surface area contributed by atoms with Crippen molar-refractivity contribution in [3.05, 3.63) is 40.9 Å². The summed E-state index contributed by atoms with van der Waals surface area (Å²) in [5.41, 5.74) is 3.31. The summed E-state index contributed by atoms with van der Waals surface area (Å²) >= 11 is 0. The van der Waals surface area contributed by atoms with Gasteiger partial charge in [-0.1, -0.05) is 0 Å².